The number of hydrogen-bond donors (Lipinski definition) is 1. The predicted octanol–water partition coefficient (Wildman–Crippen LogP) is 1.93. The Morgan fingerprint density at radius 2 is 2.24 bits per heavy atom. The van der Waals surface area contributed by atoms with Crippen LogP contribution in [0, 0.1) is 0 Å². The summed E-state index contributed by atoms with van der Waals surface area (Å²) in [6, 6.07) is 8.68. The van der Waals surface area contributed by atoms with Gasteiger partial charge in [-0.15, -0.1) is 0 Å². The number of ether oxygens (including phenoxy) is 1. The van der Waals surface area contributed by atoms with Crippen molar-refractivity contribution in [3.8, 4) is 0 Å². The van der Waals surface area contributed by atoms with E-state index >= 15 is 0 Å². The van der Waals surface area contributed by atoms with Crippen LogP contribution in [0.1, 0.15) is 11.3 Å². The summed E-state index contributed by atoms with van der Waals surface area (Å²) in [7, 11) is 1.76. The van der Waals surface area contributed by atoms with E-state index < -0.39 is 0 Å². The Bertz CT molecular complexity index is 530. The van der Waals surface area contributed by atoms with Gasteiger partial charge >= 0.3 is 0 Å². The quantitative estimate of drug-likeness (QED) is 0.872. The second-order valence-corrected chi connectivity index (χ2v) is 4.51. The summed E-state index contributed by atoms with van der Waals surface area (Å²) in [6.07, 6.45) is 1.12. The molecular formula is C14H18N2O. The molecule has 1 N–H and O–H groups in total. The van der Waals surface area contributed by atoms with Crippen LogP contribution in [0.3, 0.4) is 0 Å². The standard InChI is InChI=1S/C14H18N2O/c1-17-9-8-16-13-5-3-2-4-11(13)12-10-15-7-6-14(12)16/h2-5,15H,6-10H2,1H3. The van der Waals surface area contributed by atoms with Gasteiger partial charge in [-0.2, -0.15) is 0 Å². The van der Waals surface area contributed by atoms with E-state index in [9.17, 15) is 0 Å². The lowest BCUT2D eigenvalue weighted by Gasteiger charge is -2.16. The Kier molecular flexibility index (Phi) is 2.87. The number of benzene rings is 1. The molecule has 1 aliphatic rings. The number of rotatable bonds is 3. The van der Waals surface area contributed by atoms with Crippen molar-refractivity contribution in [2.75, 3.05) is 20.3 Å². The Labute approximate surface area is 101 Å². The molecule has 17 heavy (non-hydrogen) atoms. The highest BCUT2D eigenvalue weighted by Gasteiger charge is 2.18. The smallest absolute Gasteiger partial charge is 0.0642 e. The number of aromatic nitrogens is 1. The van der Waals surface area contributed by atoms with Crippen LogP contribution < -0.4 is 5.32 Å². The van der Waals surface area contributed by atoms with Gasteiger partial charge in [0.05, 0.1) is 6.61 Å². The zero-order valence-electron chi connectivity index (χ0n) is 10.2. The molecule has 3 rings (SSSR count). The Balaban J connectivity index is 2.17. The van der Waals surface area contributed by atoms with Crippen LogP contribution in [0.2, 0.25) is 0 Å². The van der Waals surface area contributed by atoms with Crippen molar-refractivity contribution in [3.05, 3.63) is 35.5 Å². The van der Waals surface area contributed by atoms with Crippen molar-refractivity contribution >= 4 is 10.9 Å². The molecule has 0 radical (unpaired) electrons. The minimum absolute atomic E-state index is 0.776. The molecule has 0 atom stereocenters. The molecule has 1 aromatic carbocycles. The molecule has 3 nitrogen and oxygen atoms in total. The van der Waals surface area contributed by atoms with Crippen LogP contribution in [0.4, 0.5) is 0 Å². The van der Waals surface area contributed by atoms with Crippen LogP contribution in [0.25, 0.3) is 10.9 Å². The van der Waals surface area contributed by atoms with Crippen LogP contribution in [0.15, 0.2) is 24.3 Å². The summed E-state index contributed by atoms with van der Waals surface area (Å²) in [5.41, 5.74) is 4.31. The third-order valence-electron chi connectivity index (χ3n) is 3.55. The molecule has 1 aliphatic heterocycles. The lowest BCUT2D eigenvalue weighted by Crippen LogP contribution is -2.25. The van der Waals surface area contributed by atoms with Crippen LogP contribution in [-0.2, 0) is 24.2 Å². The minimum atomic E-state index is 0.776. The van der Waals surface area contributed by atoms with E-state index in [-0.39, 0.29) is 0 Å². The van der Waals surface area contributed by atoms with Gasteiger partial charge in [-0.25, -0.2) is 0 Å². The predicted molar refractivity (Wildman–Crippen MR) is 69.2 cm³/mol. The van der Waals surface area contributed by atoms with Crippen molar-refractivity contribution < 1.29 is 4.74 Å². The van der Waals surface area contributed by atoms with Gasteiger partial charge in [0.2, 0.25) is 0 Å². The molecule has 90 valence electrons. The van der Waals surface area contributed by atoms with E-state index in [0.717, 1.165) is 32.7 Å². The highest BCUT2D eigenvalue weighted by molar-refractivity contribution is 5.85. The molecular weight excluding hydrogens is 212 g/mol. The third-order valence-corrected chi connectivity index (χ3v) is 3.55. The Morgan fingerprint density at radius 3 is 3.12 bits per heavy atom. The first-order valence-corrected chi connectivity index (χ1v) is 6.20. The van der Waals surface area contributed by atoms with Gasteiger partial charge in [-0.3, -0.25) is 0 Å². The van der Waals surface area contributed by atoms with Gasteiger partial charge < -0.3 is 14.6 Å². The summed E-state index contributed by atoms with van der Waals surface area (Å²) >= 11 is 0. The number of fused-ring (bicyclic) bond motifs is 3. The zero-order chi connectivity index (χ0) is 11.7. The highest BCUT2D eigenvalue weighted by atomic mass is 16.5. The molecule has 2 aromatic rings. The molecule has 3 heteroatoms. The fourth-order valence-corrected chi connectivity index (χ4v) is 2.77. The largest absolute Gasteiger partial charge is 0.383 e. The summed E-state index contributed by atoms with van der Waals surface area (Å²) in [5.74, 6) is 0. The van der Waals surface area contributed by atoms with E-state index in [1.54, 1.807) is 7.11 Å². The van der Waals surface area contributed by atoms with Gasteiger partial charge in [-0.05, 0) is 11.6 Å². The normalized spacial score (nSPS) is 15.1. The first-order chi connectivity index (χ1) is 8.42. The molecule has 0 aliphatic carbocycles. The maximum absolute atomic E-state index is 5.22. The van der Waals surface area contributed by atoms with Gasteiger partial charge in [0.1, 0.15) is 0 Å². The number of nitrogens with zero attached hydrogens (tertiary/aromatic N) is 1. The maximum Gasteiger partial charge on any atom is 0.0642 e. The number of nitrogens with one attached hydrogen (secondary N) is 1. The summed E-state index contributed by atoms with van der Waals surface area (Å²) in [5, 5.41) is 4.85. The Morgan fingerprint density at radius 1 is 1.35 bits per heavy atom. The van der Waals surface area contributed by atoms with E-state index in [0.29, 0.717) is 0 Å². The Hall–Kier alpha value is -1.32. The van der Waals surface area contributed by atoms with E-state index in [4.69, 9.17) is 4.74 Å². The summed E-state index contributed by atoms with van der Waals surface area (Å²) in [6.45, 7) is 3.80. The van der Waals surface area contributed by atoms with Gasteiger partial charge in [0, 0.05) is 49.8 Å². The zero-order valence-corrected chi connectivity index (χ0v) is 10.2. The topological polar surface area (TPSA) is 26.2 Å². The average molecular weight is 230 g/mol. The summed E-state index contributed by atoms with van der Waals surface area (Å²) < 4.78 is 7.64. The molecule has 0 fully saturated rings. The lowest BCUT2D eigenvalue weighted by molar-refractivity contribution is 0.187. The summed E-state index contributed by atoms with van der Waals surface area (Å²) in [4.78, 5) is 0. The first kappa shape index (κ1) is 10.8. The fourth-order valence-electron chi connectivity index (χ4n) is 2.77. The van der Waals surface area contributed by atoms with Gasteiger partial charge in [-0.1, -0.05) is 18.2 Å². The van der Waals surface area contributed by atoms with Crippen molar-refractivity contribution in [1.29, 1.82) is 0 Å². The molecule has 0 amide bonds. The minimum Gasteiger partial charge on any atom is -0.383 e. The molecule has 0 spiro atoms. The number of methoxy groups -OCH3 is 1. The molecule has 2 heterocycles. The van der Waals surface area contributed by atoms with Gasteiger partial charge in [0.25, 0.3) is 0 Å². The van der Waals surface area contributed by atoms with E-state index in [2.05, 4.69) is 34.1 Å². The van der Waals surface area contributed by atoms with Crippen LogP contribution >= 0.6 is 0 Å². The molecule has 0 bridgehead atoms. The fraction of sp³-hybridized carbons (Fsp3) is 0.429. The van der Waals surface area contributed by atoms with Crippen molar-refractivity contribution in [2.45, 2.75) is 19.5 Å². The van der Waals surface area contributed by atoms with Crippen LogP contribution in [-0.4, -0.2) is 24.8 Å². The average Bonchev–Trinajstić information content (AvgIpc) is 2.71. The molecule has 0 saturated heterocycles. The second-order valence-electron chi connectivity index (χ2n) is 4.51. The SMILES string of the molecule is COCCn1c2c(c3ccccc31)CNCC2. The molecule has 0 saturated carbocycles. The second kappa shape index (κ2) is 4.51. The van der Waals surface area contributed by atoms with Crippen molar-refractivity contribution in [3.63, 3.8) is 0 Å². The van der Waals surface area contributed by atoms with Crippen molar-refractivity contribution in [2.24, 2.45) is 0 Å². The monoisotopic (exact) mass is 230 g/mol. The number of hydrogen-bond acceptors (Lipinski definition) is 2. The third kappa shape index (κ3) is 1.75. The molecule has 0 unspecified atom stereocenters. The lowest BCUT2D eigenvalue weighted by atomic mass is 10.1. The first-order valence-electron chi connectivity index (χ1n) is 6.20. The van der Waals surface area contributed by atoms with Crippen LogP contribution in [0.5, 0.6) is 0 Å². The van der Waals surface area contributed by atoms with Crippen molar-refractivity contribution in [1.82, 2.24) is 9.88 Å². The van der Waals surface area contributed by atoms with E-state index in [1.165, 1.54) is 22.2 Å². The highest BCUT2D eigenvalue weighted by Crippen LogP contribution is 2.28. The van der Waals surface area contributed by atoms with Gasteiger partial charge in [0.15, 0.2) is 0 Å². The molecule has 1 aromatic heterocycles. The van der Waals surface area contributed by atoms with E-state index in [1.807, 2.05) is 0 Å². The number of para-hydroxylation sites is 1. The maximum atomic E-state index is 5.22.